The molecule has 1 aliphatic heterocycles. The van der Waals surface area contributed by atoms with Gasteiger partial charge in [0.2, 0.25) is 5.79 Å². The summed E-state index contributed by atoms with van der Waals surface area (Å²) in [5.74, 6) is -0.985. The number of hydrogen-bond donors (Lipinski definition) is 0. The van der Waals surface area contributed by atoms with Crippen LogP contribution < -0.4 is 9.47 Å². The number of benzene rings is 2. The molecule has 5 heteroatoms. The number of ether oxygens (including phenoxy) is 3. The number of rotatable bonds is 3. The van der Waals surface area contributed by atoms with Gasteiger partial charge in [0.25, 0.3) is 0 Å². The summed E-state index contributed by atoms with van der Waals surface area (Å²) >= 11 is 0. The predicted molar refractivity (Wildman–Crippen MR) is 77.3 cm³/mol. The van der Waals surface area contributed by atoms with E-state index in [1.165, 1.54) is 12.1 Å². The topological polar surface area (TPSA) is 44.8 Å². The number of fused-ring (bicyclic) bond motifs is 1. The Labute approximate surface area is 127 Å². The van der Waals surface area contributed by atoms with E-state index in [2.05, 4.69) is 0 Å². The third-order valence-corrected chi connectivity index (χ3v) is 3.19. The summed E-state index contributed by atoms with van der Waals surface area (Å²) in [6.07, 6.45) is 0. The van der Waals surface area contributed by atoms with Crippen LogP contribution in [0.5, 0.6) is 11.5 Å². The zero-order chi connectivity index (χ0) is 15.7. The minimum atomic E-state index is -1.00. The lowest BCUT2D eigenvalue weighted by Crippen LogP contribution is -2.39. The second-order valence-corrected chi connectivity index (χ2v) is 5.44. The number of carbonyl (C=O) groups is 1. The van der Waals surface area contributed by atoms with E-state index in [4.69, 9.17) is 14.2 Å². The molecule has 4 nitrogen and oxygen atoms in total. The Kier molecular flexibility index (Phi) is 3.48. The molecule has 0 saturated heterocycles. The van der Waals surface area contributed by atoms with Crippen molar-refractivity contribution in [2.75, 3.05) is 0 Å². The monoisotopic (exact) mass is 302 g/mol. The van der Waals surface area contributed by atoms with Crippen molar-refractivity contribution < 1.29 is 23.4 Å². The molecule has 0 atom stereocenters. The molecule has 2 aromatic carbocycles. The average Bonchev–Trinajstić information content (AvgIpc) is 2.45. The summed E-state index contributed by atoms with van der Waals surface area (Å²) in [7, 11) is 0. The van der Waals surface area contributed by atoms with Gasteiger partial charge in [-0.25, -0.2) is 9.18 Å². The fourth-order valence-corrected chi connectivity index (χ4v) is 2.22. The van der Waals surface area contributed by atoms with E-state index in [1.807, 2.05) is 0 Å². The molecular formula is C17H15FO4. The van der Waals surface area contributed by atoms with Crippen LogP contribution in [-0.4, -0.2) is 11.8 Å². The van der Waals surface area contributed by atoms with E-state index in [1.54, 1.807) is 44.2 Å². The summed E-state index contributed by atoms with van der Waals surface area (Å²) in [5, 5.41) is 0. The zero-order valence-electron chi connectivity index (χ0n) is 12.3. The van der Waals surface area contributed by atoms with E-state index in [9.17, 15) is 9.18 Å². The summed E-state index contributed by atoms with van der Waals surface area (Å²) in [6.45, 7) is 3.55. The zero-order valence-corrected chi connectivity index (χ0v) is 12.3. The Balaban J connectivity index is 1.84. The molecule has 114 valence electrons. The van der Waals surface area contributed by atoms with Gasteiger partial charge in [-0.3, -0.25) is 0 Å². The maximum absolute atomic E-state index is 12.9. The minimum absolute atomic E-state index is 0.216. The first-order chi connectivity index (χ1) is 10.4. The minimum Gasteiger partial charge on any atom is -0.488 e. The Hall–Kier alpha value is -2.56. The summed E-state index contributed by atoms with van der Waals surface area (Å²) in [6, 6.07) is 11.1. The maximum atomic E-state index is 12.9. The molecule has 0 bridgehead atoms. The van der Waals surface area contributed by atoms with Gasteiger partial charge in [-0.2, -0.15) is 0 Å². The van der Waals surface area contributed by atoms with E-state index in [-0.39, 0.29) is 18.0 Å². The van der Waals surface area contributed by atoms with Gasteiger partial charge in [0.15, 0.2) is 0 Å². The lowest BCUT2D eigenvalue weighted by Gasteiger charge is -2.32. The van der Waals surface area contributed by atoms with Crippen LogP contribution in [-0.2, 0) is 11.3 Å². The number of carbonyl (C=O) groups excluding carboxylic acids is 1. The Morgan fingerprint density at radius 2 is 1.82 bits per heavy atom. The van der Waals surface area contributed by atoms with Gasteiger partial charge in [0, 0.05) is 13.8 Å². The van der Waals surface area contributed by atoms with Crippen LogP contribution in [0, 0.1) is 5.82 Å². The SMILES string of the molecule is CC1(C)OC(=O)c2c(OCc3ccc(F)cc3)cccc2O1. The molecule has 1 heterocycles. The highest BCUT2D eigenvalue weighted by molar-refractivity contribution is 5.96. The normalized spacial score (nSPS) is 15.5. The van der Waals surface area contributed by atoms with Gasteiger partial charge in [-0.15, -0.1) is 0 Å². The lowest BCUT2D eigenvalue weighted by atomic mass is 10.1. The van der Waals surface area contributed by atoms with Crippen LogP contribution >= 0.6 is 0 Å². The largest absolute Gasteiger partial charge is 0.488 e. The molecule has 0 aromatic heterocycles. The van der Waals surface area contributed by atoms with Crippen molar-refractivity contribution in [2.24, 2.45) is 0 Å². The summed E-state index contributed by atoms with van der Waals surface area (Å²) in [5.41, 5.74) is 1.06. The van der Waals surface area contributed by atoms with Gasteiger partial charge < -0.3 is 14.2 Å². The van der Waals surface area contributed by atoms with Gasteiger partial charge in [0.05, 0.1) is 0 Å². The smallest absolute Gasteiger partial charge is 0.349 e. The van der Waals surface area contributed by atoms with Gasteiger partial charge >= 0.3 is 5.97 Å². The molecule has 0 spiro atoms. The van der Waals surface area contributed by atoms with Crippen molar-refractivity contribution in [1.82, 2.24) is 0 Å². The first-order valence-corrected chi connectivity index (χ1v) is 6.87. The molecular weight excluding hydrogens is 287 g/mol. The molecule has 0 saturated carbocycles. The lowest BCUT2D eigenvalue weighted by molar-refractivity contribution is -0.127. The molecule has 0 unspecified atom stereocenters. The van der Waals surface area contributed by atoms with Crippen molar-refractivity contribution >= 4 is 5.97 Å². The highest BCUT2D eigenvalue weighted by Crippen LogP contribution is 2.37. The molecule has 0 fully saturated rings. The molecule has 3 rings (SSSR count). The van der Waals surface area contributed by atoms with Crippen LogP contribution in [0.1, 0.15) is 29.8 Å². The van der Waals surface area contributed by atoms with E-state index >= 15 is 0 Å². The molecule has 22 heavy (non-hydrogen) atoms. The van der Waals surface area contributed by atoms with Crippen molar-refractivity contribution in [3.8, 4) is 11.5 Å². The van der Waals surface area contributed by atoms with Crippen molar-refractivity contribution in [3.05, 3.63) is 59.4 Å². The maximum Gasteiger partial charge on any atom is 0.349 e. The molecule has 1 aliphatic rings. The first-order valence-electron chi connectivity index (χ1n) is 6.87. The van der Waals surface area contributed by atoms with Gasteiger partial charge in [-0.05, 0) is 29.8 Å². The summed E-state index contributed by atoms with van der Waals surface area (Å²) < 4.78 is 29.4. The van der Waals surface area contributed by atoms with E-state index in [0.717, 1.165) is 5.56 Å². The molecule has 2 aromatic rings. The fraction of sp³-hybridized carbons (Fsp3) is 0.235. The van der Waals surface area contributed by atoms with Crippen LogP contribution in [0.3, 0.4) is 0 Å². The van der Waals surface area contributed by atoms with Gasteiger partial charge in [-0.1, -0.05) is 18.2 Å². The Morgan fingerprint density at radius 3 is 2.55 bits per heavy atom. The van der Waals surface area contributed by atoms with E-state index < -0.39 is 11.8 Å². The fourth-order valence-electron chi connectivity index (χ4n) is 2.22. The molecule has 0 radical (unpaired) electrons. The highest BCUT2D eigenvalue weighted by atomic mass is 19.1. The second-order valence-electron chi connectivity index (χ2n) is 5.44. The number of esters is 1. The Bertz CT molecular complexity index is 707. The molecule has 0 aliphatic carbocycles. The van der Waals surface area contributed by atoms with Crippen LogP contribution in [0.4, 0.5) is 4.39 Å². The number of hydrogen-bond acceptors (Lipinski definition) is 4. The van der Waals surface area contributed by atoms with Crippen molar-refractivity contribution in [1.29, 1.82) is 0 Å². The quantitative estimate of drug-likeness (QED) is 0.811. The number of halogens is 1. The van der Waals surface area contributed by atoms with Crippen LogP contribution in [0.15, 0.2) is 42.5 Å². The summed E-state index contributed by atoms with van der Waals surface area (Å²) in [4.78, 5) is 12.1. The Morgan fingerprint density at radius 1 is 1.09 bits per heavy atom. The van der Waals surface area contributed by atoms with Crippen LogP contribution in [0.2, 0.25) is 0 Å². The third-order valence-electron chi connectivity index (χ3n) is 3.19. The third kappa shape index (κ3) is 2.88. The molecule has 0 N–H and O–H groups in total. The van der Waals surface area contributed by atoms with Crippen molar-refractivity contribution in [2.45, 2.75) is 26.2 Å². The average molecular weight is 302 g/mol. The second kappa shape index (κ2) is 5.33. The first kappa shape index (κ1) is 14.4. The van der Waals surface area contributed by atoms with Crippen molar-refractivity contribution in [3.63, 3.8) is 0 Å². The van der Waals surface area contributed by atoms with Crippen LogP contribution in [0.25, 0.3) is 0 Å². The standard InChI is InChI=1S/C17H15FO4/c1-17(2)21-14-5-3-4-13(15(14)16(19)22-17)20-10-11-6-8-12(18)9-7-11/h3-9H,10H2,1-2H3. The molecule has 0 amide bonds. The highest BCUT2D eigenvalue weighted by Gasteiger charge is 2.36. The van der Waals surface area contributed by atoms with E-state index in [0.29, 0.717) is 11.5 Å². The predicted octanol–water partition coefficient (Wildman–Crippen LogP) is 3.69. The van der Waals surface area contributed by atoms with Gasteiger partial charge in [0.1, 0.15) is 29.5 Å². The number of cyclic esters (lactones) is 1.